The maximum Gasteiger partial charge on any atom is 0.328 e. The third-order valence-electron chi connectivity index (χ3n) is 2.92. The molecule has 1 aromatic heterocycles. The van der Waals surface area contributed by atoms with Crippen LogP contribution in [0.3, 0.4) is 0 Å². The molecule has 0 amide bonds. The van der Waals surface area contributed by atoms with Crippen LogP contribution in [0, 0.1) is 0 Å². The van der Waals surface area contributed by atoms with E-state index in [0.717, 1.165) is 32.1 Å². The fraction of sp³-hybridized carbons (Fsp3) is 0.462. The van der Waals surface area contributed by atoms with Gasteiger partial charge in [-0.2, -0.15) is 0 Å². The van der Waals surface area contributed by atoms with Crippen molar-refractivity contribution < 1.29 is 14.6 Å². The lowest BCUT2D eigenvalue weighted by molar-refractivity contribution is -0.131. The zero-order valence-electron chi connectivity index (χ0n) is 10.8. The molecule has 6 heteroatoms. The van der Waals surface area contributed by atoms with Crippen LogP contribution < -0.4 is 4.90 Å². The van der Waals surface area contributed by atoms with Gasteiger partial charge >= 0.3 is 5.97 Å². The number of hydrogen-bond acceptors (Lipinski definition) is 5. The number of hydrogen-bond donors (Lipinski definition) is 1. The normalized spacial score (nSPS) is 18.9. The van der Waals surface area contributed by atoms with Gasteiger partial charge < -0.3 is 14.7 Å². The average Bonchev–Trinajstić information content (AvgIpc) is 2.89. The Morgan fingerprint density at radius 2 is 2.32 bits per heavy atom. The number of aliphatic carboxylic acids is 1. The summed E-state index contributed by atoms with van der Waals surface area (Å²) in [6, 6.07) is 0. The molecule has 102 valence electrons. The van der Waals surface area contributed by atoms with Gasteiger partial charge in [-0.1, -0.05) is 0 Å². The monoisotopic (exact) mass is 263 g/mol. The summed E-state index contributed by atoms with van der Waals surface area (Å²) in [5.74, 6) is -0.373. The molecule has 1 aromatic rings. The van der Waals surface area contributed by atoms with Gasteiger partial charge in [0.2, 0.25) is 5.95 Å². The molecule has 1 unspecified atom stereocenters. The Morgan fingerprint density at radius 3 is 2.89 bits per heavy atom. The summed E-state index contributed by atoms with van der Waals surface area (Å²) in [4.78, 5) is 20.8. The van der Waals surface area contributed by atoms with Gasteiger partial charge in [0.25, 0.3) is 0 Å². The van der Waals surface area contributed by atoms with Crippen molar-refractivity contribution in [3.63, 3.8) is 0 Å². The summed E-state index contributed by atoms with van der Waals surface area (Å²) in [5, 5.41) is 8.53. The van der Waals surface area contributed by atoms with E-state index in [0.29, 0.717) is 11.5 Å². The third kappa shape index (κ3) is 4.03. The van der Waals surface area contributed by atoms with Crippen LogP contribution in [-0.2, 0) is 9.53 Å². The molecule has 0 spiro atoms. The summed E-state index contributed by atoms with van der Waals surface area (Å²) in [7, 11) is 1.92. The molecule has 1 saturated heterocycles. The average molecular weight is 263 g/mol. The maximum absolute atomic E-state index is 10.4. The highest BCUT2D eigenvalue weighted by molar-refractivity contribution is 5.85. The molecule has 6 nitrogen and oxygen atoms in total. The van der Waals surface area contributed by atoms with Crippen molar-refractivity contribution in [3.8, 4) is 0 Å². The van der Waals surface area contributed by atoms with E-state index in [2.05, 4.69) is 9.97 Å². The Labute approximate surface area is 111 Å². The first-order valence-corrected chi connectivity index (χ1v) is 6.21. The number of anilines is 1. The topological polar surface area (TPSA) is 75.5 Å². The lowest BCUT2D eigenvalue weighted by atomic mass is 10.2. The first-order chi connectivity index (χ1) is 9.15. The van der Waals surface area contributed by atoms with Gasteiger partial charge in [-0.05, 0) is 18.9 Å². The Morgan fingerprint density at radius 1 is 1.58 bits per heavy atom. The van der Waals surface area contributed by atoms with Crippen LogP contribution in [0.2, 0.25) is 0 Å². The van der Waals surface area contributed by atoms with Crippen LogP contribution in [0.4, 0.5) is 5.95 Å². The van der Waals surface area contributed by atoms with Crippen molar-refractivity contribution in [1.29, 1.82) is 0 Å². The number of nitrogens with zero attached hydrogens (tertiary/aromatic N) is 3. The fourth-order valence-electron chi connectivity index (χ4n) is 1.96. The second kappa shape index (κ2) is 6.29. The second-order valence-corrected chi connectivity index (χ2v) is 4.50. The van der Waals surface area contributed by atoms with Gasteiger partial charge in [0.05, 0.1) is 6.10 Å². The Balaban J connectivity index is 1.95. The first-order valence-electron chi connectivity index (χ1n) is 6.21. The van der Waals surface area contributed by atoms with Crippen molar-refractivity contribution >= 4 is 18.0 Å². The summed E-state index contributed by atoms with van der Waals surface area (Å²) < 4.78 is 5.56. The number of rotatable bonds is 5. The van der Waals surface area contributed by atoms with Gasteiger partial charge in [-0.15, -0.1) is 0 Å². The van der Waals surface area contributed by atoms with Crippen LogP contribution in [0.25, 0.3) is 6.08 Å². The lowest BCUT2D eigenvalue weighted by Gasteiger charge is -2.20. The molecular formula is C13H17N3O3. The highest BCUT2D eigenvalue weighted by Crippen LogP contribution is 2.15. The van der Waals surface area contributed by atoms with Crippen molar-refractivity contribution in [3.05, 3.63) is 24.0 Å². The van der Waals surface area contributed by atoms with Crippen molar-refractivity contribution in [2.45, 2.75) is 18.9 Å². The largest absolute Gasteiger partial charge is 0.478 e. The molecule has 0 bridgehead atoms. The van der Waals surface area contributed by atoms with Gasteiger partial charge in [0.15, 0.2) is 0 Å². The molecule has 2 rings (SSSR count). The van der Waals surface area contributed by atoms with Gasteiger partial charge in [0, 0.05) is 44.2 Å². The number of ether oxygens (including phenoxy) is 1. The SMILES string of the molecule is CN(CC1CCCO1)c1ncc(/C=C/C(=O)O)cn1. The molecule has 1 fully saturated rings. The molecule has 0 saturated carbocycles. The number of carbonyl (C=O) groups is 1. The summed E-state index contributed by atoms with van der Waals surface area (Å²) >= 11 is 0. The molecule has 1 aliphatic rings. The quantitative estimate of drug-likeness (QED) is 0.804. The molecule has 19 heavy (non-hydrogen) atoms. The van der Waals surface area contributed by atoms with E-state index in [1.54, 1.807) is 12.4 Å². The Hall–Kier alpha value is -1.95. The van der Waals surface area contributed by atoms with Crippen molar-refractivity contribution in [2.24, 2.45) is 0 Å². The minimum atomic E-state index is -0.987. The standard InChI is InChI=1S/C13H17N3O3/c1-16(9-11-3-2-6-19-11)13-14-7-10(8-15-13)4-5-12(17)18/h4-5,7-8,11H,2-3,6,9H2,1H3,(H,17,18)/b5-4+. The van der Waals surface area contributed by atoms with E-state index in [4.69, 9.17) is 9.84 Å². The van der Waals surface area contributed by atoms with E-state index in [1.165, 1.54) is 6.08 Å². The second-order valence-electron chi connectivity index (χ2n) is 4.50. The molecule has 0 aliphatic carbocycles. The predicted molar refractivity (Wildman–Crippen MR) is 70.9 cm³/mol. The fourth-order valence-corrected chi connectivity index (χ4v) is 1.96. The van der Waals surface area contributed by atoms with Crippen LogP contribution in [0.5, 0.6) is 0 Å². The van der Waals surface area contributed by atoms with Crippen molar-refractivity contribution in [1.82, 2.24) is 9.97 Å². The predicted octanol–water partition coefficient (Wildman–Crippen LogP) is 1.19. The number of likely N-dealkylation sites (N-methyl/N-ethyl adjacent to an activating group) is 1. The minimum Gasteiger partial charge on any atom is -0.478 e. The molecule has 1 atom stereocenters. The van der Waals surface area contributed by atoms with Gasteiger partial charge in [0.1, 0.15) is 0 Å². The lowest BCUT2D eigenvalue weighted by Crippen LogP contribution is -2.29. The third-order valence-corrected chi connectivity index (χ3v) is 2.92. The molecule has 0 radical (unpaired) electrons. The van der Waals surface area contributed by atoms with E-state index >= 15 is 0 Å². The first kappa shape index (κ1) is 13.5. The van der Waals surface area contributed by atoms with Crippen molar-refractivity contribution in [2.75, 3.05) is 25.1 Å². The highest BCUT2D eigenvalue weighted by Gasteiger charge is 2.18. The van der Waals surface area contributed by atoms with Crippen LogP contribution in [-0.4, -0.2) is 47.3 Å². The summed E-state index contributed by atoms with van der Waals surface area (Å²) in [6.07, 6.45) is 8.17. The Kier molecular flexibility index (Phi) is 4.46. The maximum atomic E-state index is 10.4. The zero-order chi connectivity index (χ0) is 13.7. The zero-order valence-corrected chi connectivity index (χ0v) is 10.8. The minimum absolute atomic E-state index is 0.250. The molecule has 2 heterocycles. The van der Waals surface area contributed by atoms with Crippen LogP contribution >= 0.6 is 0 Å². The number of carboxylic acids is 1. The van der Waals surface area contributed by atoms with Gasteiger partial charge in [-0.25, -0.2) is 14.8 Å². The van der Waals surface area contributed by atoms with Crippen LogP contribution in [0.1, 0.15) is 18.4 Å². The molecule has 0 aromatic carbocycles. The number of aromatic nitrogens is 2. The van der Waals surface area contributed by atoms with Crippen LogP contribution in [0.15, 0.2) is 18.5 Å². The van der Waals surface area contributed by atoms with Gasteiger partial charge in [-0.3, -0.25) is 0 Å². The van der Waals surface area contributed by atoms with E-state index in [-0.39, 0.29) is 6.10 Å². The Bertz CT molecular complexity index is 453. The van der Waals surface area contributed by atoms with E-state index in [1.807, 2.05) is 11.9 Å². The van der Waals surface area contributed by atoms with E-state index in [9.17, 15) is 4.79 Å². The molecule has 1 N–H and O–H groups in total. The summed E-state index contributed by atoms with van der Waals surface area (Å²) in [6.45, 7) is 1.60. The highest BCUT2D eigenvalue weighted by atomic mass is 16.5. The smallest absolute Gasteiger partial charge is 0.328 e. The molecule has 1 aliphatic heterocycles. The summed E-state index contributed by atoms with van der Waals surface area (Å²) in [5.41, 5.74) is 0.664. The molecular weight excluding hydrogens is 246 g/mol. The van der Waals surface area contributed by atoms with E-state index < -0.39 is 5.97 Å². The number of carboxylic acid groups (broad SMARTS) is 1.